The highest BCUT2D eigenvalue weighted by Crippen LogP contribution is 2.47. The van der Waals surface area contributed by atoms with E-state index in [-0.39, 0.29) is 0 Å². The first kappa shape index (κ1) is 30.3. The molecular weight excluding hydrogens is 695 g/mol. The van der Waals surface area contributed by atoms with Crippen LogP contribution >= 0.6 is 11.3 Å². The second kappa shape index (κ2) is 11.7. The average molecular weight is 724 g/mol. The van der Waals surface area contributed by atoms with Crippen LogP contribution in [-0.4, -0.2) is 9.55 Å². The van der Waals surface area contributed by atoms with Crippen molar-refractivity contribution in [2.45, 2.75) is 0 Å². The molecule has 0 aliphatic heterocycles. The lowest BCUT2D eigenvalue weighted by molar-refractivity contribution is 0.617. The summed E-state index contributed by atoms with van der Waals surface area (Å²) >= 11 is 1.84. The van der Waals surface area contributed by atoms with Crippen molar-refractivity contribution in [1.82, 2.24) is 9.55 Å². The smallest absolute Gasteiger partial charge is 0.227 e. The summed E-state index contributed by atoms with van der Waals surface area (Å²) in [6, 6.07) is 62.2. The van der Waals surface area contributed by atoms with E-state index in [1.165, 1.54) is 30.9 Å². The van der Waals surface area contributed by atoms with E-state index < -0.39 is 0 Å². The van der Waals surface area contributed by atoms with Crippen LogP contribution in [0.25, 0.3) is 92.2 Å². The molecule has 0 bridgehead atoms. The van der Waals surface area contributed by atoms with Crippen molar-refractivity contribution in [2.75, 3.05) is 4.90 Å². The number of furan rings is 1. The Morgan fingerprint density at radius 3 is 2.04 bits per heavy atom. The maximum Gasteiger partial charge on any atom is 0.227 e. The summed E-state index contributed by atoms with van der Waals surface area (Å²) in [6.07, 6.45) is 0. The van der Waals surface area contributed by atoms with E-state index in [4.69, 9.17) is 13.8 Å². The number of hydrogen-bond donors (Lipinski definition) is 0. The van der Waals surface area contributed by atoms with Crippen LogP contribution in [0.3, 0.4) is 0 Å². The number of nitrogens with zero attached hydrogens (tertiary/aromatic N) is 3. The van der Waals surface area contributed by atoms with E-state index >= 15 is 0 Å². The van der Waals surface area contributed by atoms with Crippen LogP contribution in [0.1, 0.15) is 0 Å². The molecule has 0 saturated carbocycles. The van der Waals surface area contributed by atoms with Crippen LogP contribution in [0.15, 0.2) is 185 Å². The minimum absolute atomic E-state index is 0.596. The molecule has 6 heteroatoms. The van der Waals surface area contributed by atoms with Gasteiger partial charge in [0.2, 0.25) is 5.89 Å². The topological polar surface area (TPSA) is 47.3 Å². The number of para-hydroxylation sites is 2. The van der Waals surface area contributed by atoms with E-state index in [1.54, 1.807) is 0 Å². The van der Waals surface area contributed by atoms with E-state index in [1.807, 2.05) is 47.7 Å². The Balaban J connectivity index is 1.12. The van der Waals surface area contributed by atoms with Crippen molar-refractivity contribution in [3.8, 4) is 17.1 Å². The average Bonchev–Trinajstić information content (AvgIpc) is 4.01. The minimum Gasteiger partial charge on any atom is -0.456 e. The minimum atomic E-state index is 0.596. The number of hydrogen-bond acceptors (Lipinski definition) is 5. The fourth-order valence-corrected chi connectivity index (χ4v) is 9.44. The van der Waals surface area contributed by atoms with Crippen molar-refractivity contribution in [3.05, 3.63) is 176 Å². The lowest BCUT2D eigenvalue weighted by Gasteiger charge is -2.27. The number of fused-ring (bicyclic) bond motifs is 10. The van der Waals surface area contributed by atoms with Gasteiger partial charge < -0.3 is 18.3 Å². The molecular formula is C49H29N3O2S. The molecule has 0 fully saturated rings. The van der Waals surface area contributed by atoms with Crippen LogP contribution in [-0.2, 0) is 0 Å². The molecule has 258 valence electrons. The molecule has 12 aromatic rings. The molecule has 0 spiro atoms. The van der Waals surface area contributed by atoms with Gasteiger partial charge in [0.05, 0.1) is 16.7 Å². The maximum atomic E-state index is 6.49. The molecule has 0 amide bonds. The van der Waals surface area contributed by atoms with E-state index in [9.17, 15) is 0 Å². The number of benzene rings is 8. The Bertz CT molecular complexity index is 3450. The molecule has 4 heterocycles. The lowest BCUT2D eigenvalue weighted by atomic mass is 10.1. The normalized spacial score (nSPS) is 12.0. The monoisotopic (exact) mass is 723 g/mol. The molecule has 8 aromatic carbocycles. The number of thiophene rings is 1. The predicted octanol–water partition coefficient (Wildman–Crippen LogP) is 14.3. The van der Waals surface area contributed by atoms with Crippen molar-refractivity contribution < 1.29 is 8.83 Å². The first-order valence-electron chi connectivity index (χ1n) is 18.4. The summed E-state index contributed by atoms with van der Waals surface area (Å²) in [6.45, 7) is 0. The molecule has 0 N–H and O–H groups in total. The number of oxazole rings is 1. The Labute approximate surface area is 318 Å². The van der Waals surface area contributed by atoms with Crippen LogP contribution < -0.4 is 4.90 Å². The van der Waals surface area contributed by atoms with Gasteiger partial charge in [0.25, 0.3) is 0 Å². The Hall–Kier alpha value is -7.15. The third kappa shape index (κ3) is 4.62. The standard InChI is InChI=1S/C49H29N3O2S/c1-3-12-30(13-4-1)49-50-39-28-37-36-26-32(22-24-43(36)53-44(37)29-45(39)54-49)51(33-23-25-47-38(27-33)34-16-8-10-21-46(34)55-47)41-19-11-20-42-48(41)35-17-7-9-18-40(35)52(42)31-14-5-2-6-15-31/h1-29H. The largest absolute Gasteiger partial charge is 0.456 e. The van der Waals surface area contributed by atoms with Gasteiger partial charge in [0, 0.05) is 70.4 Å². The molecule has 0 unspecified atom stereocenters. The van der Waals surface area contributed by atoms with E-state index in [0.717, 1.165) is 66.8 Å². The first-order valence-corrected chi connectivity index (χ1v) is 19.2. The molecule has 4 aromatic heterocycles. The molecule has 0 radical (unpaired) electrons. The van der Waals surface area contributed by atoms with Gasteiger partial charge in [-0.3, -0.25) is 0 Å². The fraction of sp³-hybridized carbons (Fsp3) is 0. The highest BCUT2D eigenvalue weighted by Gasteiger charge is 2.23. The first-order chi connectivity index (χ1) is 27.2. The van der Waals surface area contributed by atoms with E-state index in [2.05, 4.69) is 149 Å². The van der Waals surface area contributed by atoms with Gasteiger partial charge in [-0.1, -0.05) is 78.9 Å². The van der Waals surface area contributed by atoms with Gasteiger partial charge in [-0.15, -0.1) is 11.3 Å². The summed E-state index contributed by atoms with van der Waals surface area (Å²) < 4.78 is 17.6. The van der Waals surface area contributed by atoms with Gasteiger partial charge in [0.15, 0.2) is 5.58 Å². The van der Waals surface area contributed by atoms with Crippen molar-refractivity contribution in [1.29, 1.82) is 0 Å². The number of anilines is 3. The maximum absolute atomic E-state index is 6.49. The zero-order chi connectivity index (χ0) is 36.0. The van der Waals surface area contributed by atoms with Gasteiger partial charge in [0.1, 0.15) is 16.7 Å². The van der Waals surface area contributed by atoms with Gasteiger partial charge in [-0.25, -0.2) is 4.98 Å². The van der Waals surface area contributed by atoms with Crippen LogP contribution in [0.4, 0.5) is 17.1 Å². The highest BCUT2D eigenvalue weighted by molar-refractivity contribution is 7.25. The number of aromatic nitrogens is 2. The third-order valence-corrected chi connectivity index (χ3v) is 11.9. The Morgan fingerprint density at radius 2 is 1.16 bits per heavy atom. The van der Waals surface area contributed by atoms with Crippen LogP contribution in [0.2, 0.25) is 0 Å². The Kier molecular flexibility index (Phi) is 6.44. The molecule has 12 rings (SSSR count). The summed E-state index contributed by atoms with van der Waals surface area (Å²) in [5, 5.41) is 6.92. The molecule has 0 atom stereocenters. The van der Waals surface area contributed by atoms with Crippen LogP contribution in [0.5, 0.6) is 0 Å². The molecule has 0 saturated heterocycles. The predicted molar refractivity (Wildman–Crippen MR) is 229 cm³/mol. The quantitative estimate of drug-likeness (QED) is 0.177. The zero-order valence-electron chi connectivity index (χ0n) is 29.3. The summed E-state index contributed by atoms with van der Waals surface area (Å²) in [4.78, 5) is 7.30. The molecule has 0 aliphatic carbocycles. The van der Waals surface area contributed by atoms with Gasteiger partial charge in [-0.05, 0) is 91.0 Å². The van der Waals surface area contributed by atoms with Crippen molar-refractivity contribution in [2.24, 2.45) is 0 Å². The number of rotatable bonds is 5. The molecule has 5 nitrogen and oxygen atoms in total. The van der Waals surface area contributed by atoms with Gasteiger partial charge >= 0.3 is 0 Å². The SMILES string of the molecule is c1ccc(-c2nc3cc4c(cc3o2)oc2ccc(N(c3ccc5sc6ccccc6c5c3)c3cccc5c3c3ccccc3n5-c3ccccc3)cc24)cc1. The highest BCUT2D eigenvalue weighted by atomic mass is 32.1. The van der Waals surface area contributed by atoms with E-state index in [0.29, 0.717) is 11.5 Å². The summed E-state index contributed by atoms with van der Waals surface area (Å²) in [5.41, 5.74) is 10.7. The lowest BCUT2D eigenvalue weighted by Crippen LogP contribution is -2.10. The molecule has 55 heavy (non-hydrogen) atoms. The van der Waals surface area contributed by atoms with Crippen molar-refractivity contribution >= 4 is 103 Å². The third-order valence-electron chi connectivity index (χ3n) is 10.8. The summed E-state index contributed by atoms with van der Waals surface area (Å²) in [5.74, 6) is 0.596. The second-order valence-electron chi connectivity index (χ2n) is 14.0. The zero-order valence-corrected chi connectivity index (χ0v) is 30.1. The Morgan fingerprint density at radius 1 is 0.473 bits per heavy atom. The summed E-state index contributed by atoms with van der Waals surface area (Å²) in [7, 11) is 0. The fourth-order valence-electron chi connectivity index (χ4n) is 8.35. The molecule has 0 aliphatic rings. The second-order valence-corrected chi connectivity index (χ2v) is 15.0. The van der Waals surface area contributed by atoms with Crippen LogP contribution in [0, 0.1) is 0 Å². The van der Waals surface area contributed by atoms with Crippen molar-refractivity contribution in [3.63, 3.8) is 0 Å². The van der Waals surface area contributed by atoms with Gasteiger partial charge in [-0.2, -0.15) is 0 Å².